The molecule has 0 amide bonds. The maximum atomic E-state index is 8.46. The lowest BCUT2D eigenvalue weighted by Crippen LogP contribution is -2.15. The lowest BCUT2D eigenvalue weighted by atomic mass is 10.2. The molecule has 4 heteroatoms. The van der Waals surface area contributed by atoms with Crippen LogP contribution in [0.3, 0.4) is 0 Å². The van der Waals surface area contributed by atoms with Crippen molar-refractivity contribution in [1.29, 1.82) is 0 Å². The van der Waals surface area contributed by atoms with Crippen molar-refractivity contribution in [3.05, 3.63) is 11.9 Å². The molecular weight excluding hydrogens is 120 g/mol. The van der Waals surface area contributed by atoms with Gasteiger partial charge in [-0.3, -0.25) is 0 Å². The summed E-state index contributed by atoms with van der Waals surface area (Å²) in [6, 6.07) is 0. The van der Waals surface area contributed by atoms with Crippen molar-refractivity contribution in [2.75, 3.05) is 13.2 Å². The molecule has 0 aliphatic carbocycles. The summed E-state index contributed by atoms with van der Waals surface area (Å²) in [5.74, 6) is -0.196. The Kier molecular flexibility index (Phi) is 3.83. The van der Waals surface area contributed by atoms with E-state index in [4.69, 9.17) is 21.7 Å². The van der Waals surface area contributed by atoms with Gasteiger partial charge in [-0.15, -0.1) is 0 Å². The van der Waals surface area contributed by atoms with E-state index < -0.39 is 0 Å². The van der Waals surface area contributed by atoms with Crippen molar-refractivity contribution in [2.24, 2.45) is 17.4 Å². The molecule has 0 bridgehead atoms. The van der Waals surface area contributed by atoms with Gasteiger partial charge in [0.2, 0.25) is 0 Å². The van der Waals surface area contributed by atoms with Crippen LogP contribution in [-0.4, -0.2) is 23.4 Å². The Bertz CT molecular complexity index is 95.1. The highest BCUT2D eigenvalue weighted by Crippen LogP contribution is 1.94. The summed E-state index contributed by atoms with van der Waals surface area (Å²) >= 11 is 0. The highest BCUT2D eigenvalue weighted by molar-refractivity contribution is 4.94. The minimum absolute atomic E-state index is 0.128. The number of nitrogens with two attached hydrogens (primary N) is 2. The standard InChI is InChI=1S/C5H12N2O2/c6-5(7)1-4(2-8)3-9/h1,4,8-9H,2-3,6-7H2. The smallest absolute Gasteiger partial charge is 0.0896 e. The number of aliphatic hydroxyl groups excluding tert-OH is 2. The summed E-state index contributed by atoms with van der Waals surface area (Å²) in [7, 11) is 0. The second kappa shape index (κ2) is 4.17. The molecule has 0 aliphatic rings. The molecule has 9 heavy (non-hydrogen) atoms. The van der Waals surface area contributed by atoms with Crippen LogP contribution in [0.15, 0.2) is 11.9 Å². The molecule has 0 unspecified atom stereocenters. The molecule has 0 radical (unpaired) electrons. The molecular formula is C5H12N2O2. The molecule has 0 spiro atoms. The van der Waals surface area contributed by atoms with Gasteiger partial charge in [-0.1, -0.05) is 0 Å². The Morgan fingerprint density at radius 3 is 1.89 bits per heavy atom. The molecule has 0 aromatic heterocycles. The lowest BCUT2D eigenvalue weighted by Gasteiger charge is -2.03. The molecule has 0 atom stereocenters. The zero-order valence-electron chi connectivity index (χ0n) is 5.12. The zero-order chi connectivity index (χ0) is 7.28. The number of aliphatic hydroxyl groups is 2. The Hall–Kier alpha value is -0.740. The van der Waals surface area contributed by atoms with Gasteiger partial charge in [-0.05, 0) is 6.08 Å². The Labute approximate surface area is 53.8 Å². The van der Waals surface area contributed by atoms with E-state index in [2.05, 4.69) is 0 Å². The van der Waals surface area contributed by atoms with Crippen LogP contribution in [0.4, 0.5) is 0 Å². The Morgan fingerprint density at radius 1 is 1.33 bits per heavy atom. The van der Waals surface area contributed by atoms with Crippen molar-refractivity contribution in [3.63, 3.8) is 0 Å². The number of hydrogen-bond donors (Lipinski definition) is 4. The van der Waals surface area contributed by atoms with Gasteiger partial charge in [-0.2, -0.15) is 0 Å². The van der Waals surface area contributed by atoms with Gasteiger partial charge in [0.25, 0.3) is 0 Å². The number of rotatable bonds is 3. The maximum Gasteiger partial charge on any atom is 0.0896 e. The first kappa shape index (κ1) is 8.26. The largest absolute Gasteiger partial charge is 0.396 e. The van der Waals surface area contributed by atoms with Gasteiger partial charge >= 0.3 is 0 Å². The minimum Gasteiger partial charge on any atom is -0.396 e. The SMILES string of the molecule is NC(N)=CC(CO)CO. The third kappa shape index (κ3) is 3.81. The fraction of sp³-hybridized carbons (Fsp3) is 0.600. The van der Waals surface area contributed by atoms with Crippen molar-refractivity contribution in [1.82, 2.24) is 0 Å². The first-order valence-corrected chi connectivity index (χ1v) is 2.65. The summed E-state index contributed by atoms with van der Waals surface area (Å²) in [5, 5.41) is 16.9. The van der Waals surface area contributed by atoms with Crippen LogP contribution < -0.4 is 11.5 Å². The highest BCUT2D eigenvalue weighted by Gasteiger charge is 1.99. The Balaban J connectivity index is 3.68. The molecule has 4 nitrogen and oxygen atoms in total. The molecule has 54 valence electrons. The molecule has 0 saturated heterocycles. The topological polar surface area (TPSA) is 92.5 Å². The van der Waals surface area contributed by atoms with E-state index >= 15 is 0 Å². The van der Waals surface area contributed by atoms with Crippen LogP contribution in [0.5, 0.6) is 0 Å². The lowest BCUT2D eigenvalue weighted by molar-refractivity contribution is 0.177. The molecule has 0 heterocycles. The Morgan fingerprint density at radius 2 is 1.78 bits per heavy atom. The minimum atomic E-state index is -0.324. The van der Waals surface area contributed by atoms with Gasteiger partial charge in [0.15, 0.2) is 0 Å². The predicted octanol–water partition coefficient (Wildman–Crippen LogP) is -1.65. The van der Waals surface area contributed by atoms with Crippen LogP contribution in [0.1, 0.15) is 0 Å². The highest BCUT2D eigenvalue weighted by atomic mass is 16.3. The van der Waals surface area contributed by atoms with Crippen molar-refractivity contribution in [2.45, 2.75) is 0 Å². The predicted molar refractivity (Wildman–Crippen MR) is 34.1 cm³/mol. The quantitative estimate of drug-likeness (QED) is 0.370. The van der Waals surface area contributed by atoms with Gasteiger partial charge in [0.05, 0.1) is 19.0 Å². The fourth-order valence-electron chi connectivity index (χ4n) is 0.435. The summed E-state index contributed by atoms with van der Waals surface area (Å²) in [4.78, 5) is 0. The van der Waals surface area contributed by atoms with Crippen molar-refractivity contribution >= 4 is 0 Å². The first-order valence-electron chi connectivity index (χ1n) is 2.65. The molecule has 0 saturated carbocycles. The van der Waals surface area contributed by atoms with Gasteiger partial charge < -0.3 is 21.7 Å². The molecule has 6 N–H and O–H groups in total. The normalized spacial score (nSPS) is 9.67. The van der Waals surface area contributed by atoms with Crippen LogP contribution in [0.25, 0.3) is 0 Å². The average Bonchev–Trinajstić information content (AvgIpc) is 1.82. The summed E-state index contributed by atoms with van der Waals surface area (Å²) in [6.45, 7) is -0.261. The maximum absolute atomic E-state index is 8.46. The van der Waals surface area contributed by atoms with Crippen LogP contribution in [-0.2, 0) is 0 Å². The second-order valence-electron chi connectivity index (χ2n) is 1.79. The third-order valence-electron chi connectivity index (χ3n) is 0.897. The summed E-state index contributed by atoms with van der Waals surface area (Å²) < 4.78 is 0. The molecule has 0 fully saturated rings. The van der Waals surface area contributed by atoms with E-state index in [9.17, 15) is 0 Å². The van der Waals surface area contributed by atoms with Gasteiger partial charge in [0.1, 0.15) is 0 Å². The molecule has 0 aromatic carbocycles. The van der Waals surface area contributed by atoms with Gasteiger partial charge in [-0.25, -0.2) is 0 Å². The third-order valence-corrected chi connectivity index (χ3v) is 0.897. The van der Waals surface area contributed by atoms with E-state index in [1.165, 1.54) is 6.08 Å². The monoisotopic (exact) mass is 132 g/mol. The summed E-state index contributed by atoms with van der Waals surface area (Å²) in [5.41, 5.74) is 10.1. The second-order valence-corrected chi connectivity index (χ2v) is 1.79. The molecule has 0 aliphatic heterocycles. The molecule has 0 rings (SSSR count). The number of hydrogen-bond acceptors (Lipinski definition) is 4. The van der Waals surface area contributed by atoms with E-state index in [0.29, 0.717) is 0 Å². The van der Waals surface area contributed by atoms with Crippen LogP contribution >= 0.6 is 0 Å². The van der Waals surface area contributed by atoms with E-state index in [0.717, 1.165) is 0 Å². The zero-order valence-corrected chi connectivity index (χ0v) is 5.12. The van der Waals surface area contributed by atoms with E-state index in [1.54, 1.807) is 0 Å². The van der Waals surface area contributed by atoms with Gasteiger partial charge in [0, 0.05) is 5.92 Å². The average molecular weight is 132 g/mol. The van der Waals surface area contributed by atoms with Crippen molar-refractivity contribution < 1.29 is 10.2 Å². The molecule has 0 aromatic rings. The van der Waals surface area contributed by atoms with E-state index in [-0.39, 0.29) is 25.0 Å². The van der Waals surface area contributed by atoms with Crippen LogP contribution in [0.2, 0.25) is 0 Å². The fourth-order valence-corrected chi connectivity index (χ4v) is 0.435. The van der Waals surface area contributed by atoms with Crippen LogP contribution in [0, 0.1) is 5.92 Å². The first-order chi connectivity index (χ1) is 4.20. The van der Waals surface area contributed by atoms with Crippen molar-refractivity contribution in [3.8, 4) is 0 Å². The van der Waals surface area contributed by atoms with E-state index in [1.807, 2.05) is 0 Å². The summed E-state index contributed by atoms with van der Waals surface area (Å²) in [6.07, 6.45) is 1.42.